The molecule has 0 spiro atoms. The Labute approximate surface area is 204 Å². The fraction of sp³-hybridized carbons (Fsp3) is 0.370. The van der Waals surface area contributed by atoms with Crippen LogP contribution in [0.15, 0.2) is 54.6 Å². The molecule has 1 aromatic heterocycles. The number of carbonyl (C=O) groups is 2. The lowest BCUT2D eigenvalue weighted by Crippen LogP contribution is -2.16. The van der Waals surface area contributed by atoms with Gasteiger partial charge < -0.3 is 9.84 Å². The van der Waals surface area contributed by atoms with Crippen LogP contribution in [0, 0.1) is 12.8 Å². The Balaban J connectivity index is 1.40. The smallest absolute Gasteiger partial charge is 0.412 e. The molecule has 1 amide bonds. The molecule has 0 bridgehead atoms. The molecule has 0 unspecified atom stereocenters. The Morgan fingerprint density at radius 2 is 1.76 bits per heavy atom. The van der Waals surface area contributed by atoms with Crippen LogP contribution in [0.1, 0.15) is 67.9 Å². The van der Waals surface area contributed by atoms with Crippen LogP contribution in [0.25, 0.3) is 10.4 Å². The molecule has 0 radical (unpaired) electrons. The van der Waals surface area contributed by atoms with Gasteiger partial charge >= 0.3 is 12.1 Å². The number of hydrogen-bond donors (Lipinski definition) is 2. The first kappa shape index (κ1) is 24.0. The number of aromatic nitrogens is 1. The second-order valence-corrected chi connectivity index (χ2v) is 9.77. The second-order valence-electron chi connectivity index (χ2n) is 8.99. The topological polar surface area (TPSA) is 88.5 Å². The summed E-state index contributed by atoms with van der Waals surface area (Å²) in [6.45, 7) is 3.72. The van der Waals surface area contributed by atoms with Gasteiger partial charge in [0, 0.05) is 6.42 Å². The molecule has 2 N–H and O–H groups in total. The number of nitrogens with zero attached hydrogens (tertiary/aromatic N) is 1. The Morgan fingerprint density at radius 3 is 2.41 bits per heavy atom. The molecule has 178 valence electrons. The molecule has 1 fully saturated rings. The highest BCUT2D eigenvalue weighted by Gasteiger charge is 2.24. The summed E-state index contributed by atoms with van der Waals surface area (Å²) < 4.78 is 10.0. The van der Waals surface area contributed by atoms with E-state index in [1.807, 2.05) is 44.2 Å². The van der Waals surface area contributed by atoms with Gasteiger partial charge in [-0.05, 0) is 79.6 Å². The van der Waals surface area contributed by atoms with Crippen LogP contribution in [-0.4, -0.2) is 21.5 Å². The quantitative estimate of drug-likeness (QED) is 0.375. The molecule has 1 aliphatic carbocycles. The first-order valence-electron chi connectivity index (χ1n) is 11.7. The number of aliphatic carboxylic acids is 1. The van der Waals surface area contributed by atoms with E-state index in [9.17, 15) is 9.59 Å². The molecule has 2 aromatic carbocycles. The van der Waals surface area contributed by atoms with E-state index in [1.165, 1.54) is 17.1 Å². The van der Waals surface area contributed by atoms with Gasteiger partial charge in [-0.3, -0.25) is 10.1 Å². The molecule has 6 nitrogen and oxygen atoms in total. The summed E-state index contributed by atoms with van der Waals surface area (Å²) >= 11 is 1.36. The molecule has 7 heteroatoms. The van der Waals surface area contributed by atoms with Crippen molar-refractivity contribution in [2.75, 3.05) is 5.32 Å². The predicted octanol–water partition coefficient (Wildman–Crippen LogP) is 7.18. The number of anilines is 1. The number of nitrogens with one attached hydrogen (secondary N) is 1. The van der Waals surface area contributed by atoms with Gasteiger partial charge in [0.2, 0.25) is 0 Å². The lowest BCUT2D eigenvalue weighted by Gasteiger charge is -2.28. The Morgan fingerprint density at radius 1 is 1.09 bits per heavy atom. The summed E-state index contributed by atoms with van der Waals surface area (Å²) in [7, 11) is 0. The number of hydrogen-bond acceptors (Lipinski definition) is 5. The van der Waals surface area contributed by atoms with Crippen LogP contribution in [0.4, 0.5) is 10.5 Å². The van der Waals surface area contributed by atoms with Crippen LogP contribution in [0.5, 0.6) is 0 Å². The van der Waals surface area contributed by atoms with Crippen LogP contribution in [0.3, 0.4) is 0 Å². The summed E-state index contributed by atoms with van der Waals surface area (Å²) in [5.74, 6) is 0.0657. The Kier molecular flexibility index (Phi) is 7.63. The number of carbonyl (C=O) groups excluding carboxylic acids is 1. The zero-order chi connectivity index (χ0) is 24.1. The third kappa shape index (κ3) is 5.83. The second kappa shape index (κ2) is 10.8. The molecule has 1 aliphatic rings. The van der Waals surface area contributed by atoms with E-state index in [-0.39, 0.29) is 12.5 Å². The minimum atomic E-state index is -0.699. The van der Waals surface area contributed by atoms with Crippen LogP contribution in [0.2, 0.25) is 0 Å². The van der Waals surface area contributed by atoms with Gasteiger partial charge in [-0.15, -0.1) is 0 Å². The molecule has 1 atom stereocenters. The number of ether oxygens (including phenoxy) is 1. The van der Waals surface area contributed by atoms with Crippen LogP contribution in [-0.2, 0) is 9.53 Å². The molecule has 4 rings (SSSR count). The van der Waals surface area contributed by atoms with Gasteiger partial charge in [0.1, 0.15) is 6.10 Å². The van der Waals surface area contributed by atoms with Crippen molar-refractivity contribution < 1.29 is 19.4 Å². The summed E-state index contributed by atoms with van der Waals surface area (Å²) in [6, 6.07) is 18.1. The molecular weight excluding hydrogens is 448 g/mol. The summed E-state index contributed by atoms with van der Waals surface area (Å²) in [4.78, 5) is 24.5. The molecule has 0 aliphatic heterocycles. The Bertz CT molecular complexity index is 1120. The van der Waals surface area contributed by atoms with Crippen molar-refractivity contribution in [3.63, 3.8) is 0 Å². The molecule has 3 aromatic rings. The molecule has 1 heterocycles. The van der Waals surface area contributed by atoms with Gasteiger partial charge in [0.15, 0.2) is 0 Å². The third-order valence-electron chi connectivity index (χ3n) is 6.60. The highest BCUT2D eigenvalue weighted by Crippen LogP contribution is 2.39. The normalized spacial score (nSPS) is 18.8. The van der Waals surface area contributed by atoms with Crippen LogP contribution < -0.4 is 5.32 Å². The van der Waals surface area contributed by atoms with E-state index in [0.717, 1.165) is 47.4 Å². The van der Waals surface area contributed by atoms with Crippen molar-refractivity contribution in [3.05, 3.63) is 71.4 Å². The lowest BCUT2D eigenvalue weighted by molar-refractivity contribution is -0.138. The molecule has 34 heavy (non-hydrogen) atoms. The number of benzene rings is 2. The number of amides is 1. The van der Waals surface area contributed by atoms with E-state index >= 15 is 0 Å². The van der Waals surface area contributed by atoms with Gasteiger partial charge in [-0.2, -0.15) is 4.37 Å². The fourth-order valence-corrected chi connectivity index (χ4v) is 5.50. The van der Waals surface area contributed by atoms with Crippen LogP contribution >= 0.6 is 11.5 Å². The van der Waals surface area contributed by atoms with Gasteiger partial charge in [-0.25, -0.2) is 4.79 Å². The van der Waals surface area contributed by atoms with Gasteiger partial charge in [-0.1, -0.05) is 54.6 Å². The lowest BCUT2D eigenvalue weighted by atomic mass is 9.77. The standard InChI is InChI=1S/C27H30N2O4S/c1-17-25(28-27(32)33-18(2)20-6-4-3-5-7-20)26(34-29-17)23-14-12-22(13-15-23)21-10-8-19(9-11-21)16-24(30)31/h3-7,12-15,18-19,21H,8-11,16H2,1-2H3,(H,28,32)(H,30,31)/t18-,19-,21+/m1/s1. The average molecular weight is 479 g/mol. The maximum Gasteiger partial charge on any atom is 0.412 e. The minimum Gasteiger partial charge on any atom is -0.481 e. The van der Waals surface area contributed by atoms with Crippen molar-refractivity contribution in [1.29, 1.82) is 0 Å². The summed E-state index contributed by atoms with van der Waals surface area (Å²) in [5, 5.41) is 11.9. The molecule has 0 saturated heterocycles. The van der Waals surface area contributed by atoms with Crippen molar-refractivity contribution in [2.24, 2.45) is 5.92 Å². The summed E-state index contributed by atoms with van der Waals surface area (Å²) in [6.07, 6.45) is 3.38. The van der Waals surface area contributed by atoms with Crippen molar-refractivity contribution in [1.82, 2.24) is 4.37 Å². The van der Waals surface area contributed by atoms with E-state index in [1.54, 1.807) is 0 Å². The number of rotatable bonds is 7. The van der Waals surface area contributed by atoms with Crippen molar-refractivity contribution in [2.45, 2.75) is 58.0 Å². The number of carboxylic acid groups (broad SMARTS) is 1. The molecule has 1 saturated carbocycles. The number of carboxylic acids is 1. The summed E-state index contributed by atoms with van der Waals surface area (Å²) in [5.41, 5.74) is 4.65. The first-order chi connectivity index (χ1) is 16.4. The van der Waals surface area contributed by atoms with E-state index in [0.29, 0.717) is 17.5 Å². The first-order valence-corrected chi connectivity index (χ1v) is 12.5. The average Bonchev–Trinajstić information content (AvgIpc) is 3.19. The van der Waals surface area contributed by atoms with E-state index in [2.05, 4.69) is 34.0 Å². The third-order valence-corrected chi connectivity index (χ3v) is 7.58. The zero-order valence-corrected chi connectivity index (χ0v) is 20.3. The maximum absolute atomic E-state index is 12.6. The molecular formula is C27H30N2O4S. The minimum absolute atomic E-state index is 0.277. The maximum atomic E-state index is 12.6. The fourth-order valence-electron chi connectivity index (χ4n) is 4.65. The highest BCUT2D eigenvalue weighted by atomic mass is 32.1. The number of aryl methyl sites for hydroxylation is 1. The largest absolute Gasteiger partial charge is 0.481 e. The van der Waals surface area contributed by atoms with Gasteiger partial charge in [0.25, 0.3) is 0 Å². The SMILES string of the molecule is Cc1nsc(-c2ccc([C@H]3CC[C@@H](CC(=O)O)CC3)cc2)c1NC(=O)O[C@H](C)c1ccccc1. The van der Waals surface area contributed by atoms with Crippen molar-refractivity contribution >= 4 is 29.3 Å². The van der Waals surface area contributed by atoms with Crippen molar-refractivity contribution in [3.8, 4) is 10.4 Å². The van der Waals surface area contributed by atoms with E-state index < -0.39 is 12.1 Å². The zero-order valence-electron chi connectivity index (χ0n) is 19.5. The predicted molar refractivity (Wildman–Crippen MR) is 134 cm³/mol. The Hall–Kier alpha value is -3.19. The monoisotopic (exact) mass is 478 g/mol. The highest BCUT2D eigenvalue weighted by molar-refractivity contribution is 7.10. The van der Waals surface area contributed by atoms with E-state index in [4.69, 9.17) is 9.84 Å². The van der Waals surface area contributed by atoms with Gasteiger partial charge in [0.05, 0.1) is 16.3 Å².